The van der Waals surface area contributed by atoms with Gasteiger partial charge in [0.25, 0.3) is 0 Å². The third kappa shape index (κ3) is 3.90. The first-order valence-electron chi connectivity index (χ1n) is 8.56. The van der Waals surface area contributed by atoms with Crippen LogP contribution in [0.2, 0.25) is 0 Å². The van der Waals surface area contributed by atoms with Gasteiger partial charge in [0.2, 0.25) is 5.91 Å². The molecule has 130 valence electrons. The van der Waals surface area contributed by atoms with Gasteiger partial charge in [-0.3, -0.25) is 9.59 Å². The van der Waals surface area contributed by atoms with Crippen LogP contribution in [0.3, 0.4) is 0 Å². The molecule has 0 aromatic heterocycles. The van der Waals surface area contributed by atoms with Crippen molar-refractivity contribution >= 4 is 17.6 Å². The summed E-state index contributed by atoms with van der Waals surface area (Å²) >= 11 is 0. The summed E-state index contributed by atoms with van der Waals surface area (Å²) in [5.41, 5.74) is 1.77. The van der Waals surface area contributed by atoms with Crippen molar-refractivity contribution in [2.45, 2.75) is 38.0 Å². The molecule has 0 aliphatic heterocycles. The number of carboxylic acids is 1. The number of carboxylic acid groups (broad SMARTS) is 1. The normalized spacial score (nSPS) is 19.3. The van der Waals surface area contributed by atoms with Gasteiger partial charge < -0.3 is 10.4 Å². The molecule has 0 radical (unpaired) electrons. The molecule has 0 heterocycles. The number of hydrogen-bond donors (Lipinski definition) is 2. The van der Waals surface area contributed by atoms with E-state index in [4.69, 9.17) is 0 Å². The van der Waals surface area contributed by atoms with E-state index in [1.54, 1.807) is 38.1 Å². The van der Waals surface area contributed by atoms with Gasteiger partial charge in [0.15, 0.2) is 0 Å². The zero-order valence-electron chi connectivity index (χ0n) is 14.5. The number of amides is 1. The third-order valence-corrected chi connectivity index (χ3v) is 5.02. The molecule has 1 saturated carbocycles. The maximum absolute atomic E-state index is 12.2. The molecule has 1 aliphatic carbocycles. The van der Waals surface area contributed by atoms with Crippen LogP contribution >= 0.6 is 0 Å². The molecule has 1 aliphatic rings. The largest absolute Gasteiger partial charge is 0.481 e. The average molecular weight is 337 g/mol. The van der Waals surface area contributed by atoms with Crippen LogP contribution in [0.15, 0.2) is 54.6 Å². The van der Waals surface area contributed by atoms with Crippen molar-refractivity contribution in [1.29, 1.82) is 0 Å². The quantitative estimate of drug-likeness (QED) is 0.831. The molecule has 2 aromatic carbocycles. The summed E-state index contributed by atoms with van der Waals surface area (Å²) in [7, 11) is 0. The van der Waals surface area contributed by atoms with Crippen LogP contribution in [0.5, 0.6) is 0 Å². The maximum Gasteiger partial charge on any atom is 0.313 e. The summed E-state index contributed by atoms with van der Waals surface area (Å²) in [6, 6.07) is 17.3. The highest BCUT2D eigenvalue weighted by Crippen LogP contribution is 2.49. The molecular formula is C21H23NO3. The summed E-state index contributed by atoms with van der Waals surface area (Å²) in [5, 5.41) is 12.2. The Morgan fingerprint density at radius 3 is 2.32 bits per heavy atom. The minimum absolute atomic E-state index is 0.00803. The van der Waals surface area contributed by atoms with Crippen LogP contribution in [0.4, 0.5) is 5.69 Å². The van der Waals surface area contributed by atoms with E-state index < -0.39 is 11.4 Å². The van der Waals surface area contributed by atoms with Crippen molar-refractivity contribution in [3.63, 3.8) is 0 Å². The standard InChI is InChI=1S/C21H23NO3/c1-21(2,20(24)25)16-8-10-17(11-9-16)22-19(23)13-15-12-18(15)14-6-4-3-5-7-14/h3-11,15,18H,12-13H2,1-2H3,(H,22,23)(H,24,25)/t15-,18-/m0/s1. The lowest BCUT2D eigenvalue weighted by atomic mass is 9.85. The average Bonchev–Trinajstić information content (AvgIpc) is 3.35. The van der Waals surface area contributed by atoms with Gasteiger partial charge in [-0.05, 0) is 55.4 Å². The smallest absolute Gasteiger partial charge is 0.313 e. The lowest BCUT2D eigenvalue weighted by Gasteiger charge is -2.19. The van der Waals surface area contributed by atoms with Crippen molar-refractivity contribution in [3.05, 3.63) is 65.7 Å². The number of aliphatic carboxylic acids is 1. The molecule has 0 spiro atoms. The molecule has 2 atom stereocenters. The Kier molecular flexibility index (Phi) is 4.62. The lowest BCUT2D eigenvalue weighted by molar-refractivity contribution is -0.142. The highest BCUT2D eigenvalue weighted by Gasteiger charge is 2.39. The molecular weight excluding hydrogens is 314 g/mol. The maximum atomic E-state index is 12.2. The van der Waals surface area contributed by atoms with Crippen LogP contribution in [-0.4, -0.2) is 17.0 Å². The fourth-order valence-electron chi connectivity index (χ4n) is 3.13. The zero-order valence-corrected chi connectivity index (χ0v) is 14.5. The summed E-state index contributed by atoms with van der Waals surface area (Å²) in [6.45, 7) is 3.33. The molecule has 0 unspecified atom stereocenters. The second kappa shape index (κ2) is 6.71. The van der Waals surface area contributed by atoms with E-state index in [1.807, 2.05) is 18.2 Å². The third-order valence-electron chi connectivity index (χ3n) is 5.02. The van der Waals surface area contributed by atoms with Crippen molar-refractivity contribution in [1.82, 2.24) is 0 Å². The fraction of sp³-hybridized carbons (Fsp3) is 0.333. The molecule has 4 heteroatoms. The minimum atomic E-state index is -0.945. The second-order valence-electron chi connectivity index (χ2n) is 7.27. The van der Waals surface area contributed by atoms with Crippen LogP contribution in [-0.2, 0) is 15.0 Å². The molecule has 25 heavy (non-hydrogen) atoms. The first kappa shape index (κ1) is 17.2. The van der Waals surface area contributed by atoms with Gasteiger partial charge >= 0.3 is 5.97 Å². The number of anilines is 1. The minimum Gasteiger partial charge on any atom is -0.481 e. The highest BCUT2D eigenvalue weighted by molar-refractivity contribution is 5.91. The van der Waals surface area contributed by atoms with Gasteiger partial charge in [0.1, 0.15) is 0 Å². The van der Waals surface area contributed by atoms with Crippen LogP contribution in [0, 0.1) is 5.92 Å². The van der Waals surface area contributed by atoms with Crippen molar-refractivity contribution < 1.29 is 14.7 Å². The Morgan fingerprint density at radius 1 is 1.08 bits per heavy atom. The summed E-state index contributed by atoms with van der Waals surface area (Å²) in [5.74, 6) is 0.0388. The van der Waals surface area contributed by atoms with E-state index in [0.717, 1.165) is 6.42 Å². The van der Waals surface area contributed by atoms with Crippen molar-refractivity contribution in [2.24, 2.45) is 5.92 Å². The Hall–Kier alpha value is -2.62. The number of carbonyl (C=O) groups is 2. The topological polar surface area (TPSA) is 66.4 Å². The Labute approximate surface area is 147 Å². The highest BCUT2D eigenvalue weighted by atomic mass is 16.4. The summed E-state index contributed by atoms with van der Waals surface area (Å²) in [6.07, 6.45) is 1.57. The predicted molar refractivity (Wildman–Crippen MR) is 97.6 cm³/mol. The Morgan fingerprint density at radius 2 is 1.72 bits per heavy atom. The molecule has 2 N–H and O–H groups in total. The summed E-state index contributed by atoms with van der Waals surface area (Å²) in [4.78, 5) is 23.5. The van der Waals surface area contributed by atoms with E-state index in [9.17, 15) is 14.7 Å². The van der Waals surface area contributed by atoms with E-state index in [0.29, 0.717) is 29.5 Å². The van der Waals surface area contributed by atoms with Gasteiger partial charge in [-0.2, -0.15) is 0 Å². The number of hydrogen-bond acceptors (Lipinski definition) is 2. The fourth-order valence-corrected chi connectivity index (χ4v) is 3.13. The molecule has 1 amide bonds. The van der Waals surface area contributed by atoms with Gasteiger partial charge in [-0.15, -0.1) is 0 Å². The molecule has 0 saturated heterocycles. The first-order chi connectivity index (χ1) is 11.9. The van der Waals surface area contributed by atoms with Gasteiger partial charge in [-0.1, -0.05) is 42.5 Å². The predicted octanol–water partition coefficient (Wildman–Crippen LogP) is 4.18. The molecule has 1 fully saturated rings. The lowest BCUT2D eigenvalue weighted by Crippen LogP contribution is -2.28. The molecule has 4 nitrogen and oxygen atoms in total. The van der Waals surface area contributed by atoms with Crippen molar-refractivity contribution in [3.8, 4) is 0 Å². The van der Waals surface area contributed by atoms with Gasteiger partial charge in [0.05, 0.1) is 5.41 Å². The van der Waals surface area contributed by atoms with Crippen molar-refractivity contribution in [2.75, 3.05) is 5.32 Å². The number of benzene rings is 2. The van der Waals surface area contributed by atoms with Crippen LogP contribution < -0.4 is 5.32 Å². The second-order valence-corrected chi connectivity index (χ2v) is 7.27. The van der Waals surface area contributed by atoms with Gasteiger partial charge in [0, 0.05) is 12.1 Å². The van der Waals surface area contributed by atoms with Crippen LogP contribution in [0.1, 0.15) is 43.7 Å². The number of nitrogens with one attached hydrogen (secondary N) is 1. The zero-order chi connectivity index (χ0) is 18.0. The number of carbonyl (C=O) groups excluding carboxylic acids is 1. The van der Waals surface area contributed by atoms with E-state index in [-0.39, 0.29) is 5.91 Å². The molecule has 3 rings (SSSR count). The molecule has 2 aromatic rings. The SMILES string of the molecule is CC(C)(C(=O)O)c1ccc(NC(=O)C[C@@H]2C[C@H]2c2ccccc2)cc1. The Bertz CT molecular complexity index is 765. The monoisotopic (exact) mass is 337 g/mol. The number of rotatable bonds is 6. The van der Waals surface area contributed by atoms with E-state index in [2.05, 4.69) is 17.4 Å². The van der Waals surface area contributed by atoms with Gasteiger partial charge in [-0.25, -0.2) is 0 Å². The summed E-state index contributed by atoms with van der Waals surface area (Å²) < 4.78 is 0. The molecule has 0 bridgehead atoms. The first-order valence-corrected chi connectivity index (χ1v) is 8.56. The van der Waals surface area contributed by atoms with E-state index >= 15 is 0 Å². The Balaban J connectivity index is 1.55. The van der Waals surface area contributed by atoms with Crippen LogP contribution in [0.25, 0.3) is 0 Å². The van der Waals surface area contributed by atoms with E-state index in [1.165, 1.54) is 5.56 Å².